The van der Waals surface area contributed by atoms with Gasteiger partial charge in [0, 0.05) is 4.90 Å². The van der Waals surface area contributed by atoms with Gasteiger partial charge in [-0.3, -0.25) is 4.79 Å². The molecule has 4 heteroatoms. The first-order valence-corrected chi connectivity index (χ1v) is 6.40. The number of nitrogens with two attached hydrogens (primary N) is 1. The predicted molar refractivity (Wildman–Crippen MR) is 66.9 cm³/mol. The minimum Gasteiger partial charge on any atom is -0.506 e. The molecule has 0 unspecified atom stereocenters. The van der Waals surface area contributed by atoms with Gasteiger partial charge in [0.15, 0.2) is 0 Å². The summed E-state index contributed by atoms with van der Waals surface area (Å²) < 4.78 is 0. The van der Waals surface area contributed by atoms with Crippen molar-refractivity contribution in [2.75, 3.05) is 5.75 Å². The summed E-state index contributed by atoms with van der Waals surface area (Å²) in [5.41, 5.74) is 5.35. The van der Waals surface area contributed by atoms with Crippen molar-refractivity contribution in [1.82, 2.24) is 0 Å². The van der Waals surface area contributed by atoms with E-state index in [4.69, 9.17) is 5.73 Å². The lowest BCUT2D eigenvalue weighted by Crippen LogP contribution is -2.11. The molecule has 0 aliphatic rings. The van der Waals surface area contributed by atoms with Crippen molar-refractivity contribution in [2.45, 2.75) is 31.1 Å². The summed E-state index contributed by atoms with van der Waals surface area (Å²) in [5.74, 6) is 0.369. The van der Waals surface area contributed by atoms with E-state index in [1.54, 1.807) is 23.9 Å². The maximum Gasteiger partial charge on any atom is 0.252 e. The summed E-state index contributed by atoms with van der Waals surface area (Å²) in [7, 11) is 0. The predicted octanol–water partition coefficient (Wildman–Crippen LogP) is 2.77. The van der Waals surface area contributed by atoms with Crippen molar-refractivity contribution in [3.63, 3.8) is 0 Å². The maximum absolute atomic E-state index is 11.0. The standard InChI is InChI=1S/C12H17NO2S/c1-2-3-4-8-16-10-7-5-6-9(11(10)14)12(13)15/h5-7,14H,2-4,8H2,1H3,(H2,13,15). The van der Waals surface area contributed by atoms with Crippen molar-refractivity contribution < 1.29 is 9.90 Å². The van der Waals surface area contributed by atoms with E-state index < -0.39 is 5.91 Å². The zero-order valence-corrected chi connectivity index (χ0v) is 10.2. The van der Waals surface area contributed by atoms with Gasteiger partial charge in [0.2, 0.25) is 0 Å². The molecule has 1 aromatic carbocycles. The lowest BCUT2D eigenvalue weighted by atomic mass is 10.2. The molecule has 0 saturated carbocycles. The Bertz CT molecular complexity index is 366. The normalized spacial score (nSPS) is 10.3. The monoisotopic (exact) mass is 239 g/mol. The Kier molecular flexibility index (Phi) is 5.19. The van der Waals surface area contributed by atoms with E-state index in [-0.39, 0.29) is 11.3 Å². The van der Waals surface area contributed by atoms with Crippen LogP contribution in [0, 0.1) is 0 Å². The average molecular weight is 239 g/mol. The molecule has 16 heavy (non-hydrogen) atoms. The van der Waals surface area contributed by atoms with Crippen LogP contribution in [0.15, 0.2) is 23.1 Å². The number of phenols is 1. The van der Waals surface area contributed by atoms with Gasteiger partial charge in [-0.25, -0.2) is 0 Å². The summed E-state index contributed by atoms with van der Waals surface area (Å²) in [5, 5.41) is 9.79. The highest BCUT2D eigenvalue weighted by molar-refractivity contribution is 7.99. The van der Waals surface area contributed by atoms with E-state index in [2.05, 4.69) is 6.92 Å². The molecule has 1 rings (SSSR count). The lowest BCUT2D eigenvalue weighted by Gasteiger charge is -2.06. The molecule has 0 heterocycles. The number of aromatic hydroxyl groups is 1. The van der Waals surface area contributed by atoms with Crippen molar-refractivity contribution in [3.05, 3.63) is 23.8 Å². The topological polar surface area (TPSA) is 63.3 Å². The quantitative estimate of drug-likeness (QED) is 0.592. The van der Waals surface area contributed by atoms with Crippen LogP contribution >= 0.6 is 11.8 Å². The molecule has 88 valence electrons. The van der Waals surface area contributed by atoms with Crippen LogP contribution in [-0.2, 0) is 0 Å². The Morgan fingerprint density at radius 3 is 2.81 bits per heavy atom. The number of amides is 1. The SMILES string of the molecule is CCCCCSc1cccc(C(N)=O)c1O. The van der Waals surface area contributed by atoms with Gasteiger partial charge in [-0.15, -0.1) is 11.8 Å². The smallest absolute Gasteiger partial charge is 0.252 e. The average Bonchev–Trinajstić information content (AvgIpc) is 2.26. The van der Waals surface area contributed by atoms with Crippen LogP contribution in [-0.4, -0.2) is 16.8 Å². The molecule has 0 atom stereocenters. The minimum absolute atomic E-state index is 0.0106. The summed E-state index contributed by atoms with van der Waals surface area (Å²) in [6.45, 7) is 2.15. The Balaban J connectivity index is 2.66. The zero-order valence-electron chi connectivity index (χ0n) is 9.40. The molecule has 0 fully saturated rings. The van der Waals surface area contributed by atoms with Crippen molar-refractivity contribution in [2.24, 2.45) is 5.73 Å². The third-order valence-electron chi connectivity index (χ3n) is 2.27. The first kappa shape index (κ1) is 12.9. The van der Waals surface area contributed by atoms with E-state index in [9.17, 15) is 9.90 Å². The molecule has 0 aromatic heterocycles. The van der Waals surface area contributed by atoms with Crippen LogP contribution in [0.3, 0.4) is 0 Å². The molecule has 0 aliphatic heterocycles. The molecule has 0 bridgehead atoms. The number of carbonyl (C=O) groups excluding carboxylic acids is 1. The second-order valence-corrected chi connectivity index (χ2v) is 4.71. The van der Waals surface area contributed by atoms with Gasteiger partial charge < -0.3 is 10.8 Å². The maximum atomic E-state index is 11.0. The van der Waals surface area contributed by atoms with E-state index in [1.165, 1.54) is 18.9 Å². The van der Waals surface area contributed by atoms with Crippen molar-refractivity contribution in [3.8, 4) is 5.75 Å². The number of hydrogen-bond donors (Lipinski definition) is 2. The Hall–Kier alpha value is -1.16. The van der Waals surface area contributed by atoms with Gasteiger partial charge in [0.05, 0.1) is 5.56 Å². The molecule has 3 N–H and O–H groups in total. The number of unbranched alkanes of at least 4 members (excludes halogenated alkanes) is 2. The number of rotatable bonds is 6. The van der Waals surface area contributed by atoms with Crippen LogP contribution in [0.25, 0.3) is 0 Å². The lowest BCUT2D eigenvalue weighted by molar-refractivity contribution is 0.0997. The largest absolute Gasteiger partial charge is 0.506 e. The Morgan fingerprint density at radius 2 is 2.19 bits per heavy atom. The molecular formula is C12H17NO2S. The molecular weight excluding hydrogens is 222 g/mol. The van der Waals surface area contributed by atoms with E-state index in [0.29, 0.717) is 0 Å². The van der Waals surface area contributed by atoms with E-state index in [0.717, 1.165) is 17.1 Å². The third kappa shape index (κ3) is 3.45. The fourth-order valence-electron chi connectivity index (χ4n) is 1.37. The van der Waals surface area contributed by atoms with Gasteiger partial charge >= 0.3 is 0 Å². The zero-order chi connectivity index (χ0) is 12.0. The van der Waals surface area contributed by atoms with Gasteiger partial charge in [-0.1, -0.05) is 25.8 Å². The second-order valence-electron chi connectivity index (χ2n) is 3.57. The highest BCUT2D eigenvalue weighted by Gasteiger charge is 2.11. The first-order valence-electron chi connectivity index (χ1n) is 5.41. The van der Waals surface area contributed by atoms with Gasteiger partial charge in [-0.2, -0.15) is 0 Å². The number of para-hydroxylation sites is 1. The molecule has 1 amide bonds. The van der Waals surface area contributed by atoms with Gasteiger partial charge in [-0.05, 0) is 24.3 Å². The molecule has 0 spiro atoms. The third-order valence-corrected chi connectivity index (χ3v) is 3.40. The fraction of sp³-hybridized carbons (Fsp3) is 0.417. The van der Waals surface area contributed by atoms with Gasteiger partial charge in [0.25, 0.3) is 5.91 Å². The number of hydrogen-bond acceptors (Lipinski definition) is 3. The molecule has 0 aliphatic carbocycles. The van der Waals surface area contributed by atoms with Crippen LogP contribution in [0.2, 0.25) is 0 Å². The Morgan fingerprint density at radius 1 is 1.44 bits per heavy atom. The molecule has 1 aromatic rings. The van der Waals surface area contributed by atoms with Crippen molar-refractivity contribution in [1.29, 1.82) is 0 Å². The number of primary amides is 1. The van der Waals surface area contributed by atoms with Crippen LogP contribution in [0.5, 0.6) is 5.75 Å². The van der Waals surface area contributed by atoms with Crippen LogP contribution < -0.4 is 5.73 Å². The summed E-state index contributed by atoms with van der Waals surface area (Å²) >= 11 is 1.56. The highest BCUT2D eigenvalue weighted by atomic mass is 32.2. The second kappa shape index (κ2) is 6.43. The summed E-state index contributed by atoms with van der Waals surface area (Å²) in [4.78, 5) is 11.7. The summed E-state index contributed by atoms with van der Waals surface area (Å²) in [6, 6.07) is 5.08. The fourth-order valence-corrected chi connectivity index (χ4v) is 2.36. The number of thioether (sulfide) groups is 1. The van der Waals surface area contributed by atoms with Crippen molar-refractivity contribution >= 4 is 17.7 Å². The number of carbonyl (C=O) groups is 1. The first-order chi connectivity index (χ1) is 7.66. The highest BCUT2D eigenvalue weighted by Crippen LogP contribution is 2.31. The summed E-state index contributed by atoms with van der Waals surface area (Å²) in [6.07, 6.45) is 3.47. The Labute approximate surface area is 100 Å². The van der Waals surface area contributed by atoms with E-state index in [1.807, 2.05) is 0 Å². The molecule has 0 saturated heterocycles. The van der Waals surface area contributed by atoms with E-state index >= 15 is 0 Å². The minimum atomic E-state index is -0.589. The molecule has 3 nitrogen and oxygen atoms in total. The number of benzene rings is 1. The van der Waals surface area contributed by atoms with Gasteiger partial charge in [0.1, 0.15) is 5.75 Å². The van der Waals surface area contributed by atoms with Crippen LogP contribution in [0.1, 0.15) is 36.5 Å². The molecule has 0 radical (unpaired) electrons. The van der Waals surface area contributed by atoms with Crippen LogP contribution in [0.4, 0.5) is 0 Å².